The molecule has 3 rings (SSSR count). The van der Waals surface area contributed by atoms with Crippen LogP contribution in [0.3, 0.4) is 0 Å². The Morgan fingerprint density at radius 2 is 1.96 bits per heavy atom. The lowest BCUT2D eigenvalue weighted by Crippen LogP contribution is -2.15. The fourth-order valence-corrected chi connectivity index (χ4v) is 4.53. The van der Waals surface area contributed by atoms with Crippen molar-refractivity contribution in [3.8, 4) is 0 Å². The summed E-state index contributed by atoms with van der Waals surface area (Å²) in [5, 5.41) is 3.14. The molecule has 0 unspecified atom stereocenters. The van der Waals surface area contributed by atoms with Gasteiger partial charge in [-0.3, -0.25) is 10.1 Å². The molecule has 0 aliphatic heterocycles. The summed E-state index contributed by atoms with van der Waals surface area (Å²) >= 11 is 2.99. The Labute approximate surface area is 148 Å². The van der Waals surface area contributed by atoms with E-state index < -0.39 is 15.7 Å². The van der Waals surface area contributed by atoms with Gasteiger partial charge in [0.05, 0.1) is 20.7 Å². The highest BCUT2D eigenvalue weighted by Crippen LogP contribution is 2.30. The zero-order valence-electron chi connectivity index (χ0n) is 12.9. The van der Waals surface area contributed by atoms with Gasteiger partial charge in [0.15, 0.2) is 15.0 Å². The summed E-state index contributed by atoms with van der Waals surface area (Å²) < 4.78 is 24.6. The maximum atomic E-state index is 12.5. The van der Waals surface area contributed by atoms with Gasteiger partial charge in [-0.2, -0.15) is 0 Å². The highest BCUT2D eigenvalue weighted by Gasteiger charge is 2.19. The van der Waals surface area contributed by atoms with Crippen LogP contribution in [0.25, 0.3) is 10.2 Å². The van der Waals surface area contributed by atoms with Crippen LogP contribution < -0.4 is 5.32 Å². The van der Waals surface area contributed by atoms with Crippen molar-refractivity contribution in [1.29, 1.82) is 0 Å². The summed E-state index contributed by atoms with van der Waals surface area (Å²) in [6.07, 6.45) is 3.08. The van der Waals surface area contributed by atoms with Crippen LogP contribution in [-0.2, 0) is 9.84 Å². The molecule has 0 aliphatic rings. The summed E-state index contributed by atoms with van der Waals surface area (Å²) in [6, 6.07) is 12.0. The molecule has 124 valence electrons. The second kappa shape index (κ2) is 6.54. The Hall–Kier alpha value is -1.90. The van der Waals surface area contributed by atoms with E-state index in [0.29, 0.717) is 5.13 Å². The second-order valence-corrected chi connectivity index (χ2v) is 8.97. The molecule has 2 aromatic carbocycles. The van der Waals surface area contributed by atoms with Gasteiger partial charge < -0.3 is 0 Å². The number of anilines is 1. The summed E-state index contributed by atoms with van der Waals surface area (Å²) in [5.41, 5.74) is 0.911. The minimum Gasteiger partial charge on any atom is -0.298 e. The number of aromatic nitrogens is 1. The quantitative estimate of drug-likeness (QED) is 0.701. The normalized spacial score (nSPS) is 11.6. The Bertz CT molecular complexity index is 1030. The van der Waals surface area contributed by atoms with Crippen LogP contribution in [0.5, 0.6) is 0 Å². The molecule has 0 saturated carbocycles. The molecule has 0 atom stereocenters. The molecule has 0 radical (unpaired) electrons. The van der Waals surface area contributed by atoms with Crippen molar-refractivity contribution in [2.24, 2.45) is 0 Å². The summed E-state index contributed by atoms with van der Waals surface area (Å²) in [7, 11) is -3.49. The number of rotatable bonds is 4. The first kappa shape index (κ1) is 16.9. The zero-order valence-corrected chi connectivity index (χ0v) is 15.4. The molecule has 1 heterocycles. The van der Waals surface area contributed by atoms with Crippen LogP contribution in [-0.4, -0.2) is 31.8 Å². The molecule has 0 aliphatic carbocycles. The van der Waals surface area contributed by atoms with Crippen molar-refractivity contribution in [3.63, 3.8) is 0 Å². The van der Waals surface area contributed by atoms with Crippen LogP contribution >= 0.6 is 23.1 Å². The summed E-state index contributed by atoms with van der Waals surface area (Å²) in [5.74, 6) is -0.486. The Balaban J connectivity index is 1.93. The van der Waals surface area contributed by atoms with Crippen LogP contribution in [0.2, 0.25) is 0 Å². The van der Waals surface area contributed by atoms with Gasteiger partial charge in [0.2, 0.25) is 0 Å². The van der Waals surface area contributed by atoms with E-state index in [1.165, 1.54) is 23.5 Å². The Morgan fingerprint density at radius 3 is 2.67 bits per heavy atom. The highest BCUT2D eigenvalue weighted by molar-refractivity contribution is 7.98. The van der Waals surface area contributed by atoms with Gasteiger partial charge in [0.25, 0.3) is 5.91 Å². The number of thiazole rings is 1. The molecule has 0 spiro atoms. The van der Waals surface area contributed by atoms with E-state index in [2.05, 4.69) is 10.3 Å². The minimum atomic E-state index is -3.49. The monoisotopic (exact) mass is 378 g/mol. The predicted molar refractivity (Wildman–Crippen MR) is 98.9 cm³/mol. The maximum Gasteiger partial charge on any atom is 0.258 e. The first-order valence-corrected chi connectivity index (χ1v) is 10.9. The summed E-state index contributed by atoms with van der Waals surface area (Å²) in [6.45, 7) is 0. The van der Waals surface area contributed by atoms with Gasteiger partial charge in [-0.1, -0.05) is 23.5 Å². The van der Waals surface area contributed by atoms with Crippen molar-refractivity contribution < 1.29 is 13.2 Å². The average Bonchev–Trinajstić information content (AvgIpc) is 2.95. The first-order valence-electron chi connectivity index (χ1n) is 6.93. The Morgan fingerprint density at radius 1 is 1.21 bits per heavy atom. The number of thioether (sulfide) groups is 1. The van der Waals surface area contributed by atoms with Crippen molar-refractivity contribution in [2.75, 3.05) is 17.8 Å². The number of hydrogen-bond acceptors (Lipinski definition) is 6. The van der Waals surface area contributed by atoms with Crippen LogP contribution in [0.15, 0.2) is 52.3 Å². The van der Waals surface area contributed by atoms with Gasteiger partial charge in [-0.05, 0) is 36.6 Å². The molecular weight excluding hydrogens is 364 g/mol. The van der Waals surface area contributed by atoms with Crippen LogP contribution in [0, 0.1) is 0 Å². The number of nitrogens with one attached hydrogen (secondary N) is 1. The van der Waals surface area contributed by atoms with E-state index in [0.717, 1.165) is 21.4 Å². The van der Waals surface area contributed by atoms with Gasteiger partial charge >= 0.3 is 0 Å². The molecule has 0 saturated heterocycles. The molecule has 8 heteroatoms. The smallest absolute Gasteiger partial charge is 0.258 e. The highest BCUT2D eigenvalue weighted by atomic mass is 32.2. The lowest BCUT2D eigenvalue weighted by Gasteiger charge is -2.06. The maximum absolute atomic E-state index is 12.5. The van der Waals surface area contributed by atoms with E-state index in [-0.39, 0.29) is 10.5 Å². The molecule has 3 aromatic rings. The van der Waals surface area contributed by atoms with Crippen molar-refractivity contribution >= 4 is 54.2 Å². The standard InChI is InChI=1S/C16H14N2O3S3/c1-22-10-7-8-12-13(9-10)23-16(17-12)18-15(19)11-5-3-4-6-14(11)24(2,20)21/h3-9H,1-2H3,(H,17,18,19). The first-order chi connectivity index (χ1) is 11.4. The van der Waals surface area contributed by atoms with Crippen LogP contribution in [0.4, 0.5) is 5.13 Å². The predicted octanol–water partition coefficient (Wildman–Crippen LogP) is 3.67. The lowest BCUT2D eigenvalue weighted by molar-refractivity contribution is 0.102. The topological polar surface area (TPSA) is 76.1 Å². The SMILES string of the molecule is CSc1ccc2nc(NC(=O)c3ccccc3S(C)(=O)=O)sc2c1. The number of amides is 1. The number of hydrogen-bond donors (Lipinski definition) is 1. The van der Waals surface area contributed by atoms with E-state index in [1.54, 1.807) is 23.9 Å². The molecule has 0 bridgehead atoms. The Kier molecular flexibility index (Phi) is 4.62. The van der Waals surface area contributed by atoms with E-state index in [1.807, 2.05) is 24.5 Å². The minimum absolute atomic E-state index is 0.00767. The van der Waals surface area contributed by atoms with Crippen molar-refractivity contribution in [1.82, 2.24) is 4.98 Å². The number of carbonyl (C=O) groups excluding carboxylic acids is 1. The fraction of sp³-hybridized carbons (Fsp3) is 0.125. The molecule has 24 heavy (non-hydrogen) atoms. The molecule has 1 N–H and O–H groups in total. The average molecular weight is 379 g/mol. The van der Waals surface area contributed by atoms with Gasteiger partial charge in [-0.15, -0.1) is 11.8 Å². The molecule has 1 amide bonds. The molecule has 1 aromatic heterocycles. The molecule has 0 fully saturated rings. The number of fused-ring (bicyclic) bond motifs is 1. The van der Waals surface area contributed by atoms with E-state index in [4.69, 9.17) is 0 Å². The second-order valence-electron chi connectivity index (χ2n) is 5.08. The number of carbonyl (C=O) groups is 1. The molecular formula is C16H14N2O3S3. The zero-order chi connectivity index (χ0) is 17.3. The third-order valence-electron chi connectivity index (χ3n) is 3.35. The summed E-state index contributed by atoms with van der Waals surface area (Å²) in [4.78, 5) is 18.0. The van der Waals surface area contributed by atoms with Crippen LogP contribution in [0.1, 0.15) is 10.4 Å². The third kappa shape index (κ3) is 3.45. The largest absolute Gasteiger partial charge is 0.298 e. The number of benzene rings is 2. The van der Waals surface area contributed by atoms with Gasteiger partial charge in [0, 0.05) is 11.2 Å². The van der Waals surface area contributed by atoms with E-state index >= 15 is 0 Å². The lowest BCUT2D eigenvalue weighted by atomic mass is 10.2. The van der Waals surface area contributed by atoms with Crippen molar-refractivity contribution in [3.05, 3.63) is 48.0 Å². The van der Waals surface area contributed by atoms with Gasteiger partial charge in [-0.25, -0.2) is 13.4 Å². The number of sulfone groups is 1. The van der Waals surface area contributed by atoms with E-state index in [9.17, 15) is 13.2 Å². The third-order valence-corrected chi connectivity index (χ3v) is 6.16. The fourth-order valence-electron chi connectivity index (χ4n) is 2.23. The number of nitrogens with zero attached hydrogens (tertiary/aromatic N) is 1. The van der Waals surface area contributed by atoms with Gasteiger partial charge in [0.1, 0.15) is 0 Å². The van der Waals surface area contributed by atoms with Crippen molar-refractivity contribution in [2.45, 2.75) is 9.79 Å². The molecule has 5 nitrogen and oxygen atoms in total.